The lowest BCUT2D eigenvalue weighted by atomic mass is 10.1. The molecule has 0 aliphatic carbocycles. The summed E-state index contributed by atoms with van der Waals surface area (Å²) in [5, 5.41) is 0. The van der Waals surface area contributed by atoms with Crippen molar-refractivity contribution in [3.8, 4) is 11.5 Å². The third-order valence-electron chi connectivity index (χ3n) is 5.69. The summed E-state index contributed by atoms with van der Waals surface area (Å²) in [5.74, 6) is 1.70. The van der Waals surface area contributed by atoms with Crippen molar-refractivity contribution in [2.75, 3.05) is 7.11 Å². The first-order valence-electron chi connectivity index (χ1n) is 10.1. The van der Waals surface area contributed by atoms with Crippen molar-refractivity contribution in [2.45, 2.75) is 50.8 Å². The number of benzene rings is 2. The van der Waals surface area contributed by atoms with Crippen LogP contribution >= 0.6 is 0 Å². The molecular formula is C24H27NO3. The molecule has 0 saturated carbocycles. The van der Waals surface area contributed by atoms with Gasteiger partial charge in [0.05, 0.1) is 13.2 Å². The fourth-order valence-corrected chi connectivity index (χ4v) is 4.22. The Morgan fingerprint density at radius 2 is 1.93 bits per heavy atom. The van der Waals surface area contributed by atoms with E-state index in [1.165, 1.54) is 0 Å². The van der Waals surface area contributed by atoms with Gasteiger partial charge in [0.2, 0.25) is 5.91 Å². The van der Waals surface area contributed by atoms with Crippen LogP contribution in [0.5, 0.6) is 11.5 Å². The second kappa shape index (κ2) is 8.51. The van der Waals surface area contributed by atoms with Crippen molar-refractivity contribution in [2.24, 2.45) is 0 Å². The van der Waals surface area contributed by atoms with E-state index >= 15 is 0 Å². The zero-order valence-electron chi connectivity index (χ0n) is 16.3. The average molecular weight is 377 g/mol. The van der Waals surface area contributed by atoms with Crippen molar-refractivity contribution in [3.63, 3.8) is 0 Å². The molecule has 2 aliphatic rings. The zero-order chi connectivity index (χ0) is 19.3. The SMILES string of the molecule is COc1ccc(CCC(=O)N2C3C=CCC2CC3)cc1OCc1ccccc1. The lowest BCUT2D eigenvalue weighted by molar-refractivity contribution is -0.133. The van der Waals surface area contributed by atoms with Gasteiger partial charge in [-0.2, -0.15) is 0 Å². The molecule has 0 aromatic heterocycles. The number of carbonyl (C=O) groups excluding carboxylic acids is 1. The Morgan fingerprint density at radius 3 is 2.71 bits per heavy atom. The van der Waals surface area contributed by atoms with Crippen LogP contribution in [0.1, 0.15) is 36.8 Å². The Morgan fingerprint density at radius 1 is 1.07 bits per heavy atom. The van der Waals surface area contributed by atoms with E-state index in [1.807, 2.05) is 48.5 Å². The van der Waals surface area contributed by atoms with Gasteiger partial charge >= 0.3 is 0 Å². The van der Waals surface area contributed by atoms with Gasteiger partial charge < -0.3 is 14.4 Å². The first kappa shape index (κ1) is 18.6. The number of nitrogens with zero attached hydrogens (tertiary/aromatic N) is 1. The number of aryl methyl sites for hydroxylation is 1. The minimum absolute atomic E-state index is 0.263. The molecule has 0 spiro atoms. The molecule has 1 saturated heterocycles. The van der Waals surface area contributed by atoms with Crippen molar-refractivity contribution >= 4 is 5.91 Å². The van der Waals surface area contributed by atoms with E-state index < -0.39 is 0 Å². The number of amides is 1. The lowest BCUT2D eigenvalue weighted by Gasteiger charge is -2.31. The summed E-state index contributed by atoms with van der Waals surface area (Å²) in [6.45, 7) is 0.489. The highest BCUT2D eigenvalue weighted by Gasteiger charge is 2.36. The molecule has 28 heavy (non-hydrogen) atoms. The molecule has 0 N–H and O–H groups in total. The van der Waals surface area contributed by atoms with Crippen LogP contribution in [0, 0.1) is 0 Å². The maximum Gasteiger partial charge on any atom is 0.223 e. The number of methoxy groups -OCH3 is 1. The number of hydrogen-bond acceptors (Lipinski definition) is 3. The lowest BCUT2D eigenvalue weighted by Crippen LogP contribution is -2.42. The van der Waals surface area contributed by atoms with Crippen LogP contribution in [0.4, 0.5) is 0 Å². The molecule has 2 atom stereocenters. The fraction of sp³-hybridized carbons (Fsp3) is 0.375. The van der Waals surface area contributed by atoms with Gasteiger partial charge in [0.15, 0.2) is 11.5 Å². The topological polar surface area (TPSA) is 38.8 Å². The van der Waals surface area contributed by atoms with E-state index in [0.717, 1.165) is 36.1 Å². The number of ether oxygens (including phenoxy) is 2. The molecule has 0 radical (unpaired) electrons. The maximum atomic E-state index is 12.8. The fourth-order valence-electron chi connectivity index (χ4n) is 4.22. The van der Waals surface area contributed by atoms with Crippen LogP contribution < -0.4 is 9.47 Å². The monoisotopic (exact) mass is 377 g/mol. The second-order valence-electron chi connectivity index (χ2n) is 7.52. The molecule has 2 aromatic rings. The van der Waals surface area contributed by atoms with Crippen LogP contribution in [0.25, 0.3) is 0 Å². The van der Waals surface area contributed by atoms with Gasteiger partial charge in [-0.1, -0.05) is 48.6 Å². The molecular weight excluding hydrogens is 350 g/mol. The third kappa shape index (κ3) is 4.06. The van der Waals surface area contributed by atoms with E-state index in [9.17, 15) is 4.79 Å². The number of hydrogen-bond donors (Lipinski definition) is 0. The van der Waals surface area contributed by atoms with Gasteiger partial charge in [0.1, 0.15) is 6.61 Å². The minimum Gasteiger partial charge on any atom is -0.493 e. The van der Waals surface area contributed by atoms with Crippen LogP contribution in [0.2, 0.25) is 0 Å². The van der Waals surface area contributed by atoms with Crippen LogP contribution in [0.15, 0.2) is 60.7 Å². The highest BCUT2D eigenvalue weighted by molar-refractivity contribution is 5.78. The number of fused-ring (bicyclic) bond motifs is 2. The van der Waals surface area contributed by atoms with Gasteiger partial charge in [-0.25, -0.2) is 0 Å². The Balaban J connectivity index is 1.39. The molecule has 2 aromatic carbocycles. The Kier molecular flexibility index (Phi) is 5.65. The Hall–Kier alpha value is -2.75. The maximum absolute atomic E-state index is 12.8. The highest BCUT2D eigenvalue weighted by atomic mass is 16.5. The minimum atomic E-state index is 0.263. The predicted molar refractivity (Wildman–Crippen MR) is 110 cm³/mol. The molecule has 2 heterocycles. The summed E-state index contributed by atoms with van der Waals surface area (Å²) in [6, 6.07) is 16.7. The molecule has 146 valence electrons. The van der Waals surface area contributed by atoms with Crippen molar-refractivity contribution in [1.82, 2.24) is 4.90 Å². The number of carbonyl (C=O) groups is 1. The summed E-state index contributed by atoms with van der Waals surface area (Å²) >= 11 is 0. The van der Waals surface area contributed by atoms with Gasteiger partial charge in [0.25, 0.3) is 0 Å². The van der Waals surface area contributed by atoms with E-state index in [0.29, 0.717) is 37.3 Å². The average Bonchev–Trinajstić information content (AvgIpc) is 2.99. The van der Waals surface area contributed by atoms with Crippen molar-refractivity contribution in [1.29, 1.82) is 0 Å². The molecule has 2 bridgehead atoms. The van der Waals surface area contributed by atoms with Gasteiger partial charge in [-0.05, 0) is 48.9 Å². The van der Waals surface area contributed by atoms with Gasteiger partial charge in [-0.15, -0.1) is 0 Å². The second-order valence-corrected chi connectivity index (χ2v) is 7.52. The smallest absolute Gasteiger partial charge is 0.223 e. The zero-order valence-corrected chi connectivity index (χ0v) is 16.3. The van der Waals surface area contributed by atoms with Crippen LogP contribution in [-0.2, 0) is 17.8 Å². The van der Waals surface area contributed by atoms with Crippen LogP contribution in [-0.4, -0.2) is 30.0 Å². The highest BCUT2D eigenvalue weighted by Crippen LogP contribution is 2.33. The number of rotatable bonds is 7. The van der Waals surface area contributed by atoms with Gasteiger partial charge in [0, 0.05) is 12.5 Å². The molecule has 4 rings (SSSR count). The van der Waals surface area contributed by atoms with Crippen molar-refractivity contribution in [3.05, 3.63) is 71.8 Å². The van der Waals surface area contributed by atoms with E-state index in [4.69, 9.17) is 9.47 Å². The molecule has 4 nitrogen and oxygen atoms in total. The normalized spacial score (nSPS) is 20.2. The van der Waals surface area contributed by atoms with E-state index in [-0.39, 0.29) is 5.91 Å². The quantitative estimate of drug-likeness (QED) is 0.666. The predicted octanol–water partition coefficient (Wildman–Crippen LogP) is 4.53. The summed E-state index contributed by atoms with van der Waals surface area (Å²) in [6.07, 6.45) is 8.91. The summed E-state index contributed by atoms with van der Waals surface area (Å²) < 4.78 is 11.4. The largest absolute Gasteiger partial charge is 0.493 e. The molecule has 4 heteroatoms. The van der Waals surface area contributed by atoms with Gasteiger partial charge in [-0.3, -0.25) is 4.79 Å². The van der Waals surface area contributed by atoms with Crippen LogP contribution in [0.3, 0.4) is 0 Å². The first-order valence-corrected chi connectivity index (χ1v) is 10.1. The molecule has 1 fully saturated rings. The summed E-state index contributed by atoms with van der Waals surface area (Å²) in [4.78, 5) is 14.9. The Bertz CT molecular complexity index is 846. The summed E-state index contributed by atoms with van der Waals surface area (Å²) in [5.41, 5.74) is 2.20. The van der Waals surface area contributed by atoms with Crippen molar-refractivity contribution < 1.29 is 14.3 Å². The Labute approximate surface area is 166 Å². The molecule has 2 unspecified atom stereocenters. The third-order valence-corrected chi connectivity index (χ3v) is 5.69. The summed E-state index contributed by atoms with van der Waals surface area (Å²) in [7, 11) is 1.65. The first-order chi connectivity index (χ1) is 13.7. The standard InChI is InChI=1S/C24H27NO3/c1-27-22-14-10-18(16-23(22)28-17-19-6-3-2-4-7-19)11-15-24(26)25-20-8-5-9-21(25)13-12-20/h2-8,10,14,16,20-21H,9,11-13,15,17H2,1H3. The van der Waals surface area contributed by atoms with E-state index in [2.05, 4.69) is 17.1 Å². The molecule has 1 amide bonds. The molecule has 2 aliphatic heterocycles. The van der Waals surface area contributed by atoms with E-state index in [1.54, 1.807) is 7.11 Å².